The number of aliphatic imine (C=N–C) groups is 1. The Hall–Kier alpha value is -2.81. The minimum absolute atomic E-state index is 0.00126. The van der Waals surface area contributed by atoms with E-state index < -0.39 is 5.97 Å². The fourth-order valence-electron chi connectivity index (χ4n) is 1.31. The molecule has 1 rings (SSSR count). The molecule has 6 heteroatoms. The molecule has 0 saturated heterocycles. The monoisotopic (exact) mass is 258 g/mol. The minimum Gasteiger partial charge on any atom is -0.481 e. The van der Waals surface area contributed by atoms with E-state index in [4.69, 9.17) is 10.4 Å². The highest BCUT2D eigenvalue weighted by Crippen LogP contribution is 2.10. The molecule has 0 aromatic heterocycles. The zero-order chi connectivity index (χ0) is 14.1. The highest BCUT2D eigenvalue weighted by atomic mass is 16.4. The van der Waals surface area contributed by atoms with Crippen molar-refractivity contribution in [2.75, 3.05) is 12.4 Å². The summed E-state index contributed by atoms with van der Waals surface area (Å²) in [7, 11) is 1.57. The average Bonchev–Trinajstić information content (AvgIpc) is 2.39. The first-order valence-corrected chi connectivity index (χ1v) is 5.53. The number of guanidine groups is 1. The molecule has 1 aromatic rings. The molecule has 98 valence electrons. The van der Waals surface area contributed by atoms with Crippen LogP contribution in [0.15, 0.2) is 35.3 Å². The van der Waals surface area contributed by atoms with Gasteiger partial charge in [-0.15, -0.1) is 0 Å². The SMILES string of the molecule is CN=C(NC#N)Nc1ccc(/C=C/CC(=O)O)cc1. The lowest BCUT2D eigenvalue weighted by Crippen LogP contribution is -2.26. The molecule has 0 bridgehead atoms. The van der Waals surface area contributed by atoms with Gasteiger partial charge < -0.3 is 10.4 Å². The molecule has 19 heavy (non-hydrogen) atoms. The highest BCUT2D eigenvalue weighted by molar-refractivity contribution is 5.94. The lowest BCUT2D eigenvalue weighted by Gasteiger charge is -2.06. The van der Waals surface area contributed by atoms with Gasteiger partial charge in [0.25, 0.3) is 0 Å². The van der Waals surface area contributed by atoms with Crippen LogP contribution in [-0.2, 0) is 4.79 Å². The van der Waals surface area contributed by atoms with E-state index in [-0.39, 0.29) is 6.42 Å². The predicted octanol–water partition coefficient (Wildman–Crippen LogP) is 1.64. The molecule has 0 unspecified atom stereocenters. The Kier molecular flexibility index (Phi) is 5.63. The van der Waals surface area contributed by atoms with Gasteiger partial charge in [0, 0.05) is 12.7 Å². The Morgan fingerprint density at radius 3 is 2.68 bits per heavy atom. The molecular weight excluding hydrogens is 244 g/mol. The number of nitrogens with one attached hydrogen (secondary N) is 2. The van der Waals surface area contributed by atoms with E-state index in [0.29, 0.717) is 5.96 Å². The third-order valence-corrected chi connectivity index (χ3v) is 2.17. The number of aliphatic carboxylic acids is 1. The van der Waals surface area contributed by atoms with Crippen molar-refractivity contribution in [1.82, 2.24) is 5.32 Å². The number of hydrogen-bond donors (Lipinski definition) is 3. The topological polar surface area (TPSA) is 97.5 Å². The van der Waals surface area contributed by atoms with Gasteiger partial charge in [0.2, 0.25) is 5.96 Å². The van der Waals surface area contributed by atoms with E-state index in [2.05, 4.69) is 15.6 Å². The van der Waals surface area contributed by atoms with Gasteiger partial charge >= 0.3 is 5.97 Å². The molecule has 0 fully saturated rings. The summed E-state index contributed by atoms with van der Waals surface area (Å²) < 4.78 is 0. The molecule has 0 amide bonds. The quantitative estimate of drug-likeness (QED) is 0.330. The molecule has 0 aliphatic rings. The summed E-state index contributed by atoms with van der Waals surface area (Å²) in [5.41, 5.74) is 1.67. The number of nitriles is 1. The number of carboxylic acid groups (broad SMARTS) is 1. The second-order valence-electron chi connectivity index (χ2n) is 3.56. The van der Waals surface area contributed by atoms with Crippen LogP contribution in [0.3, 0.4) is 0 Å². The van der Waals surface area contributed by atoms with E-state index >= 15 is 0 Å². The number of carbonyl (C=O) groups is 1. The van der Waals surface area contributed by atoms with E-state index in [9.17, 15) is 4.79 Å². The first-order chi connectivity index (χ1) is 9.15. The first kappa shape index (κ1) is 14.3. The van der Waals surface area contributed by atoms with Gasteiger partial charge in [0.15, 0.2) is 6.19 Å². The Bertz CT molecular complexity index is 527. The summed E-state index contributed by atoms with van der Waals surface area (Å²) in [6, 6.07) is 7.29. The summed E-state index contributed by atoms with van der Waals surface area (Å²) in [5.74, 6) is -0.502. The van der Waals surface area contributed by atoms with Crippen molar-refractivity contribution in [3.8, 4) is 6.19 Å². The number of carboxylic acids is 1. The van der Waals surface area contributed by atoms with Crippen LogP contribution in [0.1, 0.15) is 12.0 Å². The van der Waals surface area contributed by atoms with Crippen LogP contribution in [0, 0.1) is 11.5 Å². The Morgan fingerprint density at radius 1 is 1.47 bits per heavy atom. The van der Waals surface area contributed by atoms with Crippen molar-refractivity contribution in [3.05, 3.63) is 35.9 Å². The molecule has 3 N–H and O–H groups in total. The van der Waals surface area contributed by atoms with E-state index in [1.54, 1.807) is 25.4 Å². The second kappa shape index (κ2) is 7.50. The standard InChI is InChI=1S/C13H14N4O2/c1-15-13(16-9-14)17-11-7-5-10(6-8-11)3-2-4-12(18)19/h2-3,5-8H,4H2,1H3,(H,18,19)(H2,15,16,17)/b3-2+. The van der Waals surface area contributed by atoms with Crippen LogP contribution >= 0.6 is 0 Å². The van der Waals surface area contributed by atoms with E-state index in [1.165, 1.54) is 0 Å². The molecule has 6 nitrogen and oxygen atoms in total. The number of anilines is 1. The Balaban J connectivity index is 2.64. The number of hydrogen-bond acceptors (Lipinski definition) is 3. The normalized spacial score (nSPS) is 11.1. The second-order valence-corrected chi connectivity index (χ2v) is 3.56. The van der Waals surface area contributed by atoms with E-state index in [1.807, 2.05) is 24.3 Å². The van der Waals surface area contributed by atoms with Gasteiger partial charge in [-0.1, -0.05) is 24.3 Å². The predicted molar refractivity (Wildman–Crippen MR) is 73.5 cm³/mol. The smallest absolute Gasteiger partial charge is 0.307 e. The van der Waals surface area contributed by atoms with Crippen LogP contribution in [0.25, 0.3) is 6.08 Å². The van der Waals surface area contributed by atoms with Crippen LogP contribution in [0.4, 0.5) is 5.69 Å². The van der Waals surface area contributed by atoms with Crippen molar-refractivity contribution in [3.63, 3.8) is 0 Å². The third-order valence-electron chi connectivity index (χ3n) is 2.17. The van der Waals surface area contributed by atoms with Gasteiger partial charge in [-0.25, -0.2) is 0 Å². The van der Waals surface area contributed by atoms with Crippen LogP contribution in [-0.4, -0.2) is 24.1 Å². The largest absolute Gasteiger partial charge is 0.481 e. The van der Waals surface area contributed by atoms with Gasteiger partial charge in [0.1, 0.15) is 0 Å². The summed E-state index contributed by atoms with van der Waals surface area (Å²) in [6.07, 6.45) is 5.10. The third kappa shape index (κ3) is 5.37. The van der Waals surface area contributed by atoms with Gasteiger partial charge in [0.05, 0.1) is 6.42 Å². The van der Waals surface area contributed by atoms with Crippen LogP contribution in [0.2, 0.25) is 0 Å². The fraction of sp³-hybridized carbons (Fsp3) is 0.154. The van der Waals surface area contributed by atoms with Gasteiger partial charge in [-0.2, -0.15) is 5.26 Å². The molecule has 0 saturated carbocycles. The Morgan fingerprint density at radius 2 is 2.16 bits per heavy atom. The minimum atomic E-state index is -0.860. The molecular formula is C13H14N4O2. The lowest BCUT2D eigenvalue weighted by atomic mass is 10.2. The molecule has 0 spiro atoms. The number of rotatable bonds is 4. The van der Waals surface area contributed by atoms with Crippen LogP contribution < -0.4 is 10.6 Å². The lowest BCUT2D eigenvalue weighted by molar-refractivity contribution is -0.135. The molecule has 0 aliphatic carbocycles. The Labute approximate surface area is 111 Å². The van der Waals surface area contributed by atoms with Gasteiger partial charge in [-0.3, -0.25) is 15.1 Å². The van der Waals surface area contributed by atoms with Crippen molar-refractivity contribution in [1.29, 1.82) is 5.26 Å². The summed E-state index contributed by atoms with van der Waals surface area (Å²) in [4.78, 5) is 14.2. The fourth-order valence-corrected chi connectivity index (χ4v) is 1.31. The maximum atomic E-state index is 10.4. The maximum Gasteiger partial charge on any atom is 0.307 e. The average molecular weight is 258 g/mol. The number of nitrogens with zero attached hydrogens (tertiary/aromatic N) is 2. The van der Waals surface area contributed by atoms with Crippen molar-refractivity contribution >= 4 is 23.7 Å². The van der Waals surface area contributed by atoms with Crippen molar-refractivity contribution in [2.45, 2.75) is 6.42 Å². The summed E-state index contributed by atoms with van der Waals surface area (Å²) in [6.45, 7) is 0. The van der Waals surface area contributed by atoms with Gasteiger partial charge in [-0.05, 0) is 17.7 Å². The molecule has 0 atom stereocenters. The summed E-state index contributed by atoms with van der Waals surface area (Å²) >= 11 is 0. The van der Waals surface area contributed by atoms with Crippen LogP contribution in [0.5, 0.6) is 0 Å². The zero-order valence-corrected chi connectivity index (χ0v) is 10.4. The van der Waals surface area contributed by atoms with E-state index in [0.717, 1.165) is 11.3 Å². The first-order valence-electron chi connectivity index (χ1n) is 5.53. The number of benzene rings is 1. The van der Waals surface area contributed by atoms with Crippen molar-refractivity contribution < 1.29 is 9.90 Å². The summed E-state index contributed by atoms with van der Waals surface area (Å²) in [5, 5.41) is 22.3. The van der Waals surface area contributed by atoms with Crippen molar-refractivity contribution in [2.24, 2.45) is 4.99 Å². The molecule has 0 aliphatic heterocycles. The zero-order valence-electron chi connectivity index (χ0n) is 10.4. The molecule has 0 radical (unpaired) electrons. The highest BCUT2D eigenvalue weighted by Gasteiger charge is 1.97. The maximum absolute atomic E-state index is 10.4. The molecule has 0 heterocycles. The molecule has 1 aromatic carbocycles.